The molecule has 0 bridgehead atoms. The first-order valence-corrected chi connectivity index (χ1v) is 8.91. The monoisotopic (exact) mass is 453 g/mol. The van der Waals surface area contributed by atoms with Crippen LogP contribution in [0, 0.1) is 13.8 Å². The fourth-order valence-corrected chi connectivity index (χ4v) is 3.80. The van der Waals surface area contributed by atoms with Gasteiger partial charge >= 0.3 is 5.97 Å². The van der Waals surface area contributed by atoms with E-state index in [1.54, 1.807) is 12.1 Å². The van der Waals surface area contributed by atoms with Gasteiger partial charge in [-0.05, 0) is 48.7 Å². The van der Waals surface area contributed by atoms with Crippen molar-refractivity contribution in [3.63, 3.8) is 0 Å². The molecule has 0 aromatic heterocycles. The Kier molecular flexibility index (Phi) is 6.18. The molecule has 0 saturated carbocycles. The number of carbonyl (C=O) groups excluding carboxylic acids is 1. The van der Waals surface area contributed by atoms with Crippen molar-refractivity contribution in [2.75, 3.05) is 0 Å². The third kappa shape index (κ3) is 4.68. The van der Waals surface area contributed by atoms with Gasteiger partial charge in [-0.1, -0.05) is 50.1 Å². The number of hydrogen-bond donors (Lipinski definition) is 2. The third-order valence-corrected chi connectivity index (χ3v) is 4.70. The number of carboxylic acid groups (broad SMARTS) is 1. The van der Waals surface area contributed by atoms with E-state index in [0.717, 1.165) is 25.6 Å². The Balaban J connectivity index is 2.22. The molecular formula is C18H17Br2NO3. The zero-order valence-corrected chi connectivity index (χ0v) is 16.4. The maximum atomic E-state index is 12.4. The van der Waals surface area contributed by atoms with Crippen molar-refractivity contribution < 1.29 is 14.7 Å². The minimum atomic E-state index is -1.06. The molecule has 0 aliphatic carbocycles. The zero-order chi connectivity index (χ0) is 17.9. The largest absolute Gasteiger partial charge is 0.480 e. The SMILES string of the molecule is Cc1cccc(C)c1C[C@@H](NC(=O)c1cc(Br)cc(Br)c1)C(=O)O. The van der Waals surface area contributed by atoms with Gasteiger partial charge in [0, 0.05) is 20.9 Å². The number of carbonyl (C=O) groups is 2. The Morgan fingerprint density at radius 3 is 2.12 bits per heavy atom. The number of benzene rings is 2. The second-order valence-corrected chi connectivity index (χ2v) is 7.43. The van der Waals surface area contributed by atoms with Gasteiger partial charge in [-0.15, -0.1) is 0 Å². The van der Waals surface area contributed by atoms with Gasteiger partial charge in [0.15, 0.2) is 0 Å². The normalized spacial score (nSPS) is 11.8. The van der Waals surface area contributed by atoms with Crippen LogP contribution in [0.3, 0.4) is 0 Å². The lowest BCUT2D eigenvalue weighted by molar-refractivity contribution is -0.139. The van der Waals surface area contributed by atoms with Crippen molar-refractivity contribution in [2.45, 2.75) is 26.3 Å². The molecule has 1 amide bonds. The van der Waals surface area contributed by atoms with Crippen molar-refractivity contribution >= 4 is 43.7 Å². The van der Waals surface area contributed by atoms with Crippen LogP contribution in [0.15, 0.2) is 45.3 Å². The summed E-state index contributed by atoms with van der Waals surface area (Å²) in [7, 11) is 0. The number of nitrogens with one attached hydrogen (secondary N) is 1. The highest BCUT2D eigenvalue weighted by molar-refractivity contribution is 9.11. The van der Waals surface area contributed by atoms with Gasteiger partial charge < -0.3 is 10.4 Å². The van der Waals surface area contributed by atoms with Crippen molar-refractivity contribution in [1.82, 2.24) is 5.32 Å². The maximum Gasteiger partial charge on any atom is 0.326 e. The summed E-state index contributed by atoms with van der Waals surface area (Å²) < 4.78 is 1.48. The van der Waals surface area contributed by atoms with Gasteiger partial charge in [0.25, 0.3) is 5.91 Å². The third-order valence-electron chi connectivity index (χ3n) is 3.78. The van der Waals surface area contributed by atoms with Crippen LogP contribution in [0.2, 0.25) is 0 Å². The Labute approximate surface area is 157 Å². The molecule has 0 saturated heterocycles. The van der Waals surface area contributed by atoms with Crippen LogP contribution in [0.5, 0.6) is 0 Å². The Bertz CT molecular complexity index is 749. The highest BCUT2D eigenvalue weighted by Crippen LogP contribution is 2.21. The van der Waals surface area contributed by atoms with Gasteiger partial charge in [0.2, 0.25) is 0 Å². The number of rotatable bonds is 5. The molecule has 24 heavy (non-hydrogen) atoms. The first-order chi connectivity index (χ1) is 11.3. The highest BCUT2D eigenvalue weighted by atomic mass is 79.9. The molecule has 126 valence electrons. The van der Waals surface area contributed by atoms with Crippen molar-refractivity contribution in [3.8, 4) is 0 Å². The second-order valence-electron chi connectivity index (χ2n) is 5.60. The summed E-state index contributed by atoms with van der Waals surface area (Å²) in [6, 6.07) is 9.93. The van der Waals surface area contributed by atoms with Crippen LogP contribution in [0.25, 0.3) is 0 Å². The molecule has 2 rings (SSSR count). The summed E-state index contributed by atoms with van der Waals surface area (Å²) in [6.07, 6.45) is 0.245. The summed E-state index contributed by atoms with van der Waals surface area (Å²) in [5, 5.41) is 12.1. The van der Waals surface area contributed by atoms with Gasteiger partial charge in [-0.3, -0.25) is 4.79 Å². The molecule has 2 N–H and O–H groups in total. The molecule has 0 fully saturated rings. The van der Waals surface area contributed by atoms with E-state index in [0.29, 0.717) is 5.56 Å². The summed E-state index contributed by atoms with van der Waals surface area (Å²) in [5.41, 5.74) is 3.37. The fourth-order valence-electron chi connectivity index (χ4n) is 2.50. The van der Waals surface area contributed by atoms with Crippen molar-refractivity contribution in [2.24, 2.45) is 0 Å². The number of halogens is 2. The number of hydrogen-bond acceptors (Lipinski definition) is 2. The van der Waals surface area contributed by atoms with Crippen LogP contribution >= 0.6 is 31.9 Å². The molecule has 4 nitrogen and oxygen atoms in total. The van der Waals surface area contributed by atoms with Crippen LogP contribution in [-0.2, 0) is 11.2 Å². The Morgan fingerprint density at radius 1 is 1.08 bits per heavy atom. The predicted octanol–water partition coefficient (Wildman–Crippen LogP) is 4.25. The van der Waals surface area contributed by atoms with Crippen molar-refractivity contribution in [3.05, 3.63) is 67.6 Å². The average Bonchev–Trinajstić information content (AvgIpc) is 2.48. The van der Waals surface area contributed by atoms with E-state index in [2.05, 4.69) is 37.2 Å². The van der Waals surface area contributed by atoms with Gasteiger partial charge in [0.1, 0.15) is 6.04 Å². The molecule has 2 aromatic rings. The average molecular weight is 455 g/mol. The molecule has 0 aliphatic heterocycles. The summed E-state index contributed by atoms with van der Waals surface area (Å²) in [5.74, 6) is -1.48. The summed E-state index contributed by atoms with van der Waals surface area (Å²) in [4.78, 5) is 24.0. The van der Waals surface area contributed by atoms with Gasteiger partial charge in [-0.2, -0.15) is 0 Å². The van der Waals surface area contributed by atoms with E-state index in [9.17, 15) is 14.7 Å². The molecule has 0 radical (unpaired) electrons. The smallest absolute Gasteiger partial charge is 0.326 e. The molecule has 0 unspecified atom stereocenters. The van der Waals surface area contributed by atoms with Crippen LogP contribution in [0.4, 0.5) is 0 Å². The van der Waals surface area contributed by atoms with E-state index in [-0.39, 0.29) is 6.42 Å². The molecule has 1 atom stereocenters. The minimum absolute atomic E-state index is 0.245. The first-order valence-electron chi connectivity index (χ1n) is 7.33. The lowest BCUT2D eigenvalue weighted by Gasteiger charge is -2.18. The van der Waals surface area contributed by atoms with Crippen LogP contribution < -0.4 is 5.32 Å². The van der Waals surface area contributed by atoms with E-state index in [1.165, 1.54) is 0 Å². The predicted molar refractivity (Wildman–Crippen MR) is 100 cm³/mol. The van der Waals surface area contributed by atoms with Gasteiger partial charge in [-0.25, -0.2) is 4.79 Å². The molecule has 2 aromatic carbocycles. The zero-order valence-electron chi connectivity index (χ0n) is 13.3. The second kappa shape index (κ2) is 7.94. The van der Waals surface area contributed by atoms with Crippen LogP contribution in [0.1, 0.15) is 27.0 Å². The lowest BCUT2D eigenvalue weighted by Crippen LogP contribution is -2.42. The summed E-state index contributed by atoms with van der Waals surface area (Å²) in [6.45, 7) is 3.88. The number of carboxylic acids is 1. The van der Waals surface area contributed by atoms with E-state index >= 15 is 0 Å². The Morgan fingerprint density at radius 2 is 1.62 bits per heavy atom. The van der Waals surface area contributed by atoms with E-state index in [4.69, 9.17) is 0 Å². The van der Waals surface area contributed by atoms with E-state index < -0.39 is 17.9 Å². The maximum absolute atomic E-state index is 12.4. The van der Waals surface area contributed by atoms with Crippen LogP contribution in [-0.4, -0.2) is 23.0 Å². The standard InChI is InChI=1S/C18H17Br2NO3/c1-10-4-3-5-11(2)15(10)9-16(18(23)24)21-17(22)12-6-13(19)8-14(20)7-12/h3-8,16H,9H2,1-2H3,(H,21,22)(H,23,24)/t16-/m1/s1. The fraction of sp³-hybridized carbons (Fsp3) is 0.222. The molecule has 0 aliphatic rings. The minimum Gasteiger partial charge on any atom is -0.480 e. The molecule has 0 spiro atoms. The number of aliphatic carboxylic acids is 1. The number of amides is 1. The quantitative estimate of drug-likeness (QED) is 0.709. The summed E-state index contributed by atoms with van der Waals surface area (Å²) >= 11 is 6.65. The topological polar surface area (TPSA) is 66.4 Å². The highest BCUT2D eigenvalue weighted by Gasteiger charge is 2.23. The Hall–Kier alpha value is -1.66. The molecular weight excluding hydrogens is 438 g/mol. The first kappa shape index (κ1) is 18.7. The van der Waals surface area contributed by atoms with Crippen molar-refractivity contribution in [1.29, 1.82) is 0 Å². The molecule has 6 heteroatoms. The van der Waals surface area contributed by atoms with Gasteiger partial charge in [0.05, 0.1) is 0 Å². The van der Waals surface area contributed by atoms with E-state index in [1.807, 2.05) is 38.1 Å². The lowest BCUT2D eigenvalue weighted by atomic mass is 9.96. The molecule has 0 heterocycles. The number of aryl methyl sites for hydroxylation is 2.